The number of carbonyl (C=O) groups is 2. The van der Waals surface area contributed by atoms with Crippen LogP contribution in [-0.2, 0) is 9.59 Å². The van der Waals surface area contributed by atoms with Crippen molar-refractivity contribution in [2.45, 2.75) is 50.6 Å². The molecule has 3 aliphatic rings. The highest BCUT2D eigenvalue weighted by Crippen LogP contribution is 2.12. The van der Waals surface area contributed by atoms with E-state index < -0.39 is 0 Å². The van der Waals surface area contributed by atoms with Crippen molar-refractivity contribution in [1.82, 2.24) is 20.4 Å². The molecule has 2 atom stereocenters. The van der Waals surface area contributed by atoms with Gasteiger partial charge in [-0.3, -0.25) is 9.59 Å². The second-order valence-corrected chi connectivity index (χ2v) is 6.84. The summed E-state index contributed by atoms with van der Waals surface area (Å²) in [5, 5.41) is 5.87. The van der Waals surface area contributed by atoms with Gasteiger partial charge in [0.25, 0.3) is 0 Å². The SMILES string of the molecule is O=C1N[C@@H](CN2CCCCC2)C(=O)N[C@H]1CN1CCCCC1. The second kappa shape index (κ2) is 7.42. The lowest BCUT2D eigenvalue weighted by molar-refractivity contribution is -0.137. The fraction of sp³-hybridized carbons (Fsp3) is 0.875. The first-order chi connectivity index (χ1) is 10.7. The van der Waals surface area contributed by atoms with Crippen LogP contribution in [-0.4, -0.2) is 73.0 Å². The minimum atomic E-state index is -0.386. The zero-order valence-corrected chi connectivity index (χ0v) is 13.4. The van der Waals surface area contributed by atoms with Crippen LogP contribution in [0.5, 0.6) is 0 Å². The van der Waals surface area contributed by atoms with Gasteiger partial charge in [0.15, 0.2) is 0 Å². The Labute approximate surface area is 132 Å². The number of hydrogen-bond donors (Lipinski definition) is 2. The van der Waals surface area contributed by atoms with Crippen LogP contribution in [0.15, 0.2) is 0 Å². The van der Waals surface area contributed by atoms with E-state index in [9.17, 15) is 9.59 Å². The molecule has 0 bridgehead atoms. The molecular formula is C16H28N4O2. The van der Waals surface area contributed by atoms with Crippen LogP contribution in [0.1, 0.15) is 38.5 Å². The molecule has 3 fully saturated rings. The highest BCUT2D eigenvalue weighted by atomic mass is 16.2. The molecule has 6 nitrogen and oxygen atoms in total. The number of piperazine rings is 1. The molecule has 0 aliphatic carbocycles. The van der Waals surface area contributed by atoms with Crippen LogP contribution < -0.4 is 10.6 Å². The van der Waals surface area contributed by atoms with Crippen LogP contribution in [0.3, 0.4) is 0 Å². The number of carbonyl (C=O) groups excluding carboxylic acids is 2. The van der Waals surface area contributed by atoms with Crippen molar-refractivity contribution >= 4 is 11.8 Å². The Morgan fingerprint density at radius 2 is 1.05 bits per heavy atom. The molecule has 2 amide bonds. The minimum absolute atomic E-state index is 0.0211. The van der Waals surface area contributed by atoms with Gasteiger partial charge in [-0.05, 0) is 51.9 Å². The second-order valence-electron chi connectivity index (χ2n) is 6.84. The lowest BCUT2D eigenvalue weighted by Crippen LogP contribution is -2.66. The van der Waals surface area contributed by atoms with Crippen molar-refractivity contribution in [3.05, 3.63) is 0 Å². The summed E-state index contributed by atoms with van der Waals surface area (Å²) < 4.78 is 0. The third-order valence-electron chi connectivity index (χ3n) is 5.04. The molecular weight excluding hydrogens is 280 g/mol. The van der Waals surface area contributed by atoms with Gasteiger partial charge >= 0.3 is 0 Å². The molecule has 0 radical (unpaired) electrons. The topological polar surface area (TPSA) is 64.7 Å². The van der Waals surface area contributed by atoms with Crippen molar-refractivity contribution in [3.63, 3.8) is 0 Å². The summed E-state index contributed by atoms with van der Waals surface area (Å²) >= 11 is 0. The summed E-state index contributed by atoms with van der Waals surface area (Å²) in [6.07, 6.45) is 7.33. The van der Waals surface area contributed by atoms with Crippen molar-refractivity contribution in [1.29, 1.82) is 0 Å². The van der Waals surface area contributed by atoms with Gasteiger partial charge < -0.3 is 20.4 Å². The average molecular weight is 308 g/mol. The van der Waals surface area contributed by atoms with Gasteiger partial charge in [-0.2, -0.15) is 0 Å². The van der Waals surface area contributed by atoms with Crippen molar-refractivity contribution in [2.24, 2.45) is 0 Å². The Balaban J connectivity index is 1.49. The first-order valence-corrected chi connectivity index (χ1v) is 8.78. The third kappa shape index (κ3) is 3.98. The van der Waals surface area contributed by atoms with Crippen LogP contribution in [0.4, 0.5) is 0 Å². The van der Waals surface area contributed by atoms with Crippen molar-refractivity contribution in [3.8, 4) is 0 Å². The zero-order chi connectivity index (χ0) is 15.4. The van der Waals surface area contributed by atoms with Gasteiger partial charge in [0.1, 0.15) is 12.1 Å². The molecule has 124 valence electrons. The Bertz CT molecular complexity index is 365. The van der Waals surface area contributed by atoms with Gasteiger partial charge in [-0.15, -0.1) is 0 Å². The van der Waals surface area contributed by atoms with Gasteiger partial charge in [-0.25, -0.2) is 0 Å². The van der Waals surface area contributed by atoms with Crippen LogP contribution in [0, 0.1) is 0 Å². The highest BCUT2D eigenvalue weighted by Gasteiger charge is 2.35. The predicted octanol–water partition coefficient (Wildman–Crippen LogP) is -0.0586. The standard InChI is InChI=1S/C16H28N4O2/c21-15-13(11-19-7-3-1-4-8-19)17-16(22)14(18-15)12-20-9-5-2-6-10-20/h13-14H,1-12H2,(H,17,22)(H,18,21)/t13-,14-/m0/s1. The van der Waals surface area contributed by atoms with E-state index in [0.717, 1.165) is 26.2 Å². The summed E-state index contributed by atoms with van der Waals surface area (Å²) in [7, 11) is 0. The minimum Gasteiger partial charge on any atom is -0.341 e. The Hall–Kier alpha value is -1.14. The molecule has 0 spiro atoms. The summed E-state index contributed by atoms with van der Waals surface area (Å²) in [5.41, 5.74) is 0. The van der Waals surface area contributed by atoms with E-state index in [1.165, 1.54) is 38.5 Å². The molecule has 0 unspecified atom stereocenters. The summed E-state index contributed by atoms with van der Waals surface area (Å²) in [4.78, 5) is 29.2. The third-order valence-corrected chi connectivity index (χ3v) is 5.04. The first kappa shape index (κ1) is 15.7. The van der Waals surface area contributed by atoms with Crippen molar-refractivity contribution in [2.75, 3.05) is 39.3 Å². The first-order valence-electron chi connectivity index (χ1n) is 8.78. The monoisotopic (exact) mass is 308 g/mol. The number of amides is 2. The molecule has 3 heterocycles. The molecule has 22 heavy (non-hydrogen) atoms. The highest BCUT2D eigenvalue weighted by molar-refractivity contribution is 5.97. The van der Waals surface area contributed by atoms with E-state index in [1.807, 2.05) is 0 Å². The molecule has 0 aromatic rings. The Kier molecular flexibility index (Phi) is 5.31. The summed E-state index contributed by atoms with van der Waals surface area (Å²) in [6, 6.07) is -0.772. The lowest BCUT2D eigenvalue weighted by Gasteiger charge is -2.36. The number of nitrogens with one attached hydrogen (secondary N) is 2. The molecule has 0 aromatic heterocycles. The van der Waals surface area contributed by atoms with E-state index >= 15 is 0 Å². The van der Waals surface area contributed by atoms with E-state index in [-0.39, 0.29) is 23.9 Å². The average Bonchev–Trinajstić information content (AvgIpc) is 2.54. The molecule has 3 saturated heterocycles. The normalized spacial score (nSPS) is 31.6. The molecule has 0 aromatic carbocycles. The number of hydrogen-bond acceptors (Lipinski definition) is 4. The number of nitrogens with zero attached hydrogens (tertiary/aromatic N) is 2. The van der Waals surface area contributed by atoms with E-state index in [0.29, 0.717) is 13.1 Å². The maximum Gasteiger partial charge on any atom is 0.244 e. The number of likely N-dealkylation sites (tertiary alicyclic amines) is 2. The molecule has 3 rings (SSSR count). The lowest BCUT2D eigenvalue weighted by atomic mass is 10.1. The summed E-state index contributed by atoms with van der Waals surface area (Å²) in [5.74, 6) is -0.0423. The van der Waals surface area contributed by atoms with Gasteiger partial charge in [0, 0.05) is 13.1 Å². The van der Waals surface area contributed by atoms with E-state index in [4.69, 9.17) is 0 Å². The smallest absolute Gasteiger partial charge is 0.244 e. The predicted molar refractivity (Wildman–Crippen MR) is 84.4 cm³/mol. The molecule has 0 saturated carbocycles. The van der Waals surface area contributed by atoms with E-state index in [1.54, 1.807) is 0 Å². The molecule has 6 heteroatoms. The van der Waals surface area contributed by atoms with E-state index in [2.05, 4.69) is 20.4 Å². The number of rotatable bonds is 4. The number of piperidine rings is 2. The van der Waals surface area contributed by atoms with Crippen LogP contribution >= 0.6 is 0 Å². The largest absolute Gasteiger partial charge is 0.341 e. The maximum atomic E-state index is 12.3. The zero-order valence-electron chi connectivity index (χ0n) is 13.4. The molecule has 2 N–H and O–H groups in total. The quantitative estimate of drug-likeness (QED) is 0.764. The van der Waals surface area contributed by atoms with Crippen molar-refractivity contribution < 1.29 is 9.59 Å². The van der Waals surface area contributed by atoms with Gasteiger partial charge in [-0.1, -0.05) is 12.8 Å². The van der Waals surface area contributed by atoms with Crippen LogP contribution in [0.25, 0.3) is 0 Å². The fourth-order valence-electron chi connectivity index (χ4n) is 3.73. The Morgan fingerprint density at radius 1 is 0.682 bits per heavy atom. The van der Waals surface area contributed by atoms with Gasteiger partial charge in [0.2, 0.25) is 11.8 Å². The summed E-state index contributed by atoms with van der Waals surface area (Å²) in [6.45, 7) is 5.45. The van der Waals surface area contributed by atoms with Gasteiger partial charge in [0.05, 0.1) is 0 Å². The van der Waals surface area contributed by atoms with Crippen LogP contribution in [0.2, 0.25) is 0 Å². The Morgan fingerprint density at radius 3 is 1.41 bits per heavy atom. The fourth-order valence-corrected chi connectivity index (χ4v) is 3.73. The molecule has 3 aliphatic heterocycles. The maximum absolute atomic E-state index is 12.3.